The standard InChI is InChI=1S/C16H13N3O2/c17-8-10-7-12-14(21-15(10)18)11-5-1-3-9-4-2-6-19(13(9)11)16(12)20/h1,3,5H,2,4,6-7,18H2. The average molecular weight is 279 g/mol. The van der Waals surface area contributed by atoms with Crippen LogP contribution in [0.25, 0.3) is 10.9 Å². The van der Waals surface area contributed by atoms with Gasteiger partial charge in [-0.2, -0.15) is 5.26 Å². The lowest BCUT2D eigenvalue weighted by atomic mass is 9.96. The fraction of sp³-hybridized carbons (Fsp3) is 0.250. The lowest BCUT2D eigenvalue weighted by Crippen LogP contribution is -2.31. The summed E-state index contributed by atoms with van der Waals surface area (Å²) in [6, 6.07) is 7.98. The Morgan fingerprint density at radius 2 is 2.24 bits per heavy atom. The van der Waals surface area contributed by atoms with E-state index >= 15 is 0 Å². The Balaban J connectivity index is 2.13. The van der Waals surface area contributed by atoms with Crippen molar-refractivity contribution in [2.24, 2.45) is 5.73 Å². The third-order valence-corrected chi connectivity index (χ3v) is 4.24. The van der Waals surface area contributed by atoms with E-state index in [9.17, 15) is 4.79 Å². The molecule has 0 fully saturated rings. The number of ether oxygens (including phenoxy) is 1. The zero-order valence-electron chi connectivity index (χ0n) is 11.3. The van der Waals surface area contributed by atoms with Gasteiger partial charge < -0.3 is 15.0 Å². The van der Waals surface area contributed by atoms with E-state index in [2.05, 4.69) is 0 Å². The van der Waals surface area contributed by atoms with Gasteiger partial charge in [0.1, 0.15) is 11.8 Å². The molecule has 1 aromatic heterocycles. The van der Waals surface area contributed by atoms with Crippen LogP contribution in [0.5, 0.6) is 5.75 Å². The second-order valence-corrected chi connectivity index (χ2v) is 5.41. The molecule has 0 saturated carbocycles. The number of para-hydroxylation sites is 1. The number of aromatic nitrogens is 1. The highest BCUT2D eigenvalue weighted by atomic mass is 16.5. The summed E-state index contributed by atoms with van der Waals surface area (Å²) < 4.78 is 7.44. The van der Waals surface area contributed by atoms with Crippen LogP contribution in [0.15, 0.2) is 34.4 Å². The van der Waals surface area contributed by atoms with E-state index in [0.29, 0.717) is 23.4 Å². The second kappa shape index (κ2) is 4.13. The summed E-state index contributed by atoms with van der Waals surface area (Å²) in [5, 5.41) is 10.0. The average Bonchev–Trinajstić information content (AvgIpc) is 2.52. The van der Waals surface area contributed by atoms with Crippen LogP contribution in [0.2, 0.25) is 0 Å². The molecule has 3 heterocycles. The quantitative estimate of drug-likeness (QED) is 0.793. The zero-order chi connectivity index (χ0) is 14.6. The number of hydrogen-bond acceptors (Lipinski definition) is 4. The number of fused-ring (bicyclic) bond motifs is 2. The number of benzene rings is 1. The van der Waals surface area contributed by atoms with Crippen molar-refractivity contribution in [3.63, 3.8) is 0 Å². The molecule has 0 radical (unpaired) electrons. The summed E-state index contributed by atoms with van der Waals surface area (Å²) in [7, 11) is 0. The van der Waals surface area contributed by atoms with Crippen molar-refractivity contribution in [1.29, 1.82) is 5.26 Å². The molecule has 5 nitrogen and oxygen atoms in total. The lowest BCUT2D eigenvalue weighted by molar-refractivity contribution is 0.400. The minimum atomic E-state index is -0.0649. The van der Waals surface area contributed by atoms with Crippen molar-refractivity contribution in [1.82, 2.24) is 4.57 Å². The Kier molecular flexibility index (Phi) is 2.36. The molecule has 0 bridgehead atoms. The molecule has 0 saturated heterocycles. The fourth-order valence-corrected chi connectivity index (χ4v) is 3.26. The van der Waals surface area contributed by atoms with Gasteiger partial charge in [-0.3, -0.25) is 4.79 Å². The fourth-order valence-electron chi connectivity index (χ4n) is 3.26. The van der Waals surface area contributed by atoms with Gasteiger partial charge in [-0.15, -0.1) is 0 Å². The maximum Gasteiger partial charge on any atom is 0.258 e. The van der Waals surface area contributed by atoms with Crippen LogP contribution in [0.1, 0.15) is 17.5 Å². The summed E-state index contributed by atoms with van der Waals surface area (Å²) in [6.45, 7) is 0.709. The molecule has 21 heavy (non-hydrogen) atoms. The molecule has 0 spiro atoms. The Bertz CT molecular complexity index is 916. The molecule has 0 unspecified atom stereocenters. The zero-order valence-corrected chi connectivity index (χ0v) is 11.3. The number of nitriles is 1. The molecule has 2 aliphatic heterocycles. The third kappa shape index (κ3) is 1.53. The highest BCUT2D eigenvalue weighted by Gasteiger charge is 2.27. The topological polar surface area (TPSA) is 81.0 Å². The van der Waals surface area contributed by atoms with Gasteiger partial charge >= 0.3 is 0 Å². The first-order valence-corrected chi connectivity index (χ1v) is 6.94. The molecule has 2 aliphatic rings. The van der Waals surface area contributed by atoms with Crippen LogP contribution < -0.4 is 16.0 Å². The summed E-state index contributed by atoms with van der Waals surface area (Å²) in [4.78, 5) is 12.7. The van der Waals surface area contributed by atoms with E-state index in [0.717, 1.165) is 29.3 Å². The van der Waals surface area contributed by atoms with Gasteiger partial charge in [-0.05, 0) is 24.5 Å². The Morgan fingerprint density at radius 3 is 3.05 bits per heavy atom. The Hall–Kier alpha value is -2.74. The van der Waals surface area contributed by atoms with E-state index in [4.69, 9.17) is 15.7 Å². The predicted molar refractivity (Wildman–Crippen MR) is 77.7 cm³/mol. The van der Waals surface area contributed by atoms with Gasteiger partial charge in [-0.25, -0.2) is 0 Å². The van der Waals surface area contributed by atoms with Crippen LogP contribution >= 0.6 is 0 Å². The molecule has 0 amide bonds. The first-order chi connectivity index (χ1) is 10.2. The van der Waals surface area contributed by atoms with Crippen molar-refractivity contribution >= 4 is 10.9 Å². The smallest absolute Gasteiger partial charge is 0.258 e. The van der Waals surface area contributed by atoms with Crippen LogP contribution in [-0.4, -0.2) is 4.57 Å². The van der Waals surface area contributed by atoms with Crippen LogP contribution in [-0.2, 0) is 19.4 Å². The molecular weight excluding hydrogens is 266 g/mol. The summed E-state index contributed by atoms with van der Waals surface area (Å²) >= 11 is 0. The summed E-state index contributed by atoms with van der Waals surface area (Å²) in [6.07, 6.45) is 2.16. The van der Waals surface area contributed by atoms with Gasteiger partial charge in [0.25, 0.3) is 5.56 Å². The largest absolute Gasteiger partial charge is 0.439 e. The number of pyridine rings is 1. The number of rotatable bonds is 0. The third-order valence-electron chi connectivity index (χ3n) is 4.24. The van der Waals surface area contributed by atoms with Crippen molar-refractivity contribution in [2.45, 2.75) is 25.8 Å². The van der Waals surface area contributed by atoms with Crippen LogP contribution in [0.4, 0.5) is 0 Å². The van der Waals surface area contributed by atoms with Gasteiger partial charge in [0.2, 0.25) is 5.88 Å². The highest BCUT2D eigenvalue weighted by Crippen LogP contribution is 2.36. The Labute approximate surface area is 120 Å². The minimum Gasteiger partial charge on any atom is -0.439 e. The lowest BCUT2D eigenvalue weighted by Gasteiger charge is -2.25. The molecule has 2 N–H and O–H groups in total. The summed E-state index contributed by atoms with van der Waals surface area (Å²) in [5.74, 6) is 0.623. The van der Waals surface area contributed by atoms with E-state index < -0.39 is 0 Å². The molecule has 2 aromatic rings. The van der Waals surface area contributed by atoms with E-state index in [1.807, 2.05) is 28.8 Å². The monoisotopic (exact) mass is 279 g/mol. The first kappa shape index (κ1) is 12.0. The molecule has 1 aromatic carbocycles. The normalized spacial score (nSPS) is 16.3. The van der Waals surface area contributed by atoms with Crippen LogP contribution in [0.3, 0.4) is 0 Å². The Morgan fingerprint density at radius 1 is 1.38 bits per heavy atom. The van der Waals surface area contributed by atoms with Crippen molar-refractivity contribution in [3.8, 4) is 11.8 Å². The number of nitrogens with zero attached hydrogens (tertiary/aromatic N) is 2. The van der Waals surface area contributed by atoms with Crippen molar-refractivity contribution < 1.29 is 4.74 Å². The van der Waals surface area contributed by atoms with Gasteiger partial charge in [0.15, 0.2) is 0 Å². The van der Waals surface area contributed by atoms with E-state index in [-0.39, 0.29) is 17.9 Å². The van der Waals surface area contributed by atoms with Gasteiger partial charge in [0, 0.05) is 18.4 Å². The van der Waals surface area contributed by atoms with Crippen LogP contribution in [0, 0.1) is 11.3 Å². The molecule has 104 valence electrons. The molecule has 4 rings (SSSR count). The molecule has 0 aliphatic carbocycles. The summed E-state index contributed by atoms with van der Waals surface area (Å²) in [5.41, 5.74) is 8.69. The highest BCUT2D eigenvalue weighted by molar-refractivity contribution is 5.90. The maximum absolute atomic E-state index is 12.7. The number of hydrogen-bond donors (Lipinski definition) is 1. The van der Waals surface area contributed by atoms with Gasteiger partial charge in [-0.1, -0.05) is 12.1 Å². The SMILES string of the molecule is N#CC1=C(N)Oc2c(c(=O)n3c4c(cccc24)CCC3)C1. The van der Waals surface area contributed by atoms with E-state index in [1.54, 1.807) is 0 Å². The minimum absolute atomic E-state index is 0.0649. The molecule has 0 atom stereocenters. The number of aryl methyl sites for hydroxylation is 2. The van der Waals surface area contributed by atoms with Gasteiger partial charge in [0.05, 0.1) is 16.7 Å². The maximum atomic E-state index is 12.7. The number of allylic oxidation sites excluding steroid dienone is 1. The van der Waals surface area contributed by atoms with Crippen molar-refractivity contribution in [2.75, 3.05) is 0 Å². The molecule has 5 heteroatoms. The number of nitrogens with two attached hydrogens (primary N) is 1. The second-order valence-electron chi connectivity index (χ2n) is 5.41. The molecular formula is C16H13N3O2. The van der Waals surface area contributed by atoms with E-state index in [1.165, 1.54) is 0 Å². The van der Waals surface area contributed by atoms with Crippen molar-refractivity contribution in [3.05, 3.63) is 51.1 Å². The predicted octanol–water partition coefficient (Wildman–Crippen LogP) is 1.58. The first-order valence-electron chi connectivity index (χ1n) is 6.94.